The van der Waals surface area contributed by atoms with Crippen LogP contribution in [0.25, 0.3) is 0 Å². The molecule has 5 nitrogen and oxygen atoms in total. The van der Waals surface area contributed by atoms with Crippen molar-refractivity contribution in [3.63, 3.8) is 0 Å². The second-order valence-electron chi connectivity index (χ2n) is 6.03. The average molecular weight is 302 g/mol. The lowest BCUT2D eigenvalue weighted by molar-refractivity contribution is -0.145. The number of hydrogen-bond acceptors (Lipinski definition) is 4. The van der Waals surface area contributed by atoms with E-state index >= 15 is 0 Å². The van der Waals surface area contributed by atoms with Crippen molar-refractivity contribution in [3.05, 3.63) is 12.2 Å². The zero-order chi connectivity index (χ0) is 15.6. The molecule has 0 heterocycles. The Morgan fingerprint density at radius 2 is 1.90 bits per heavy atom. The van der Waals surface area contributed by atoms with Crippen LogP contribution >= 0.6 is 0 Å². The molecule has 0 rings (SSSR count). The van der Waals surface area contributed by atoms with E-state index in [0.717, 1.165) is 6.04 Å². The number of carboxylic acid groups (broad SMARTS) is 1. The second kappa shape index (κ2) is 9.71. The van der Waals surface area contributed by atoms with Gasteiger partial charge in [0.2, 0.25) is 0 Å². The minimum absolute atomic E-state index is 0.0189. The van der Waals surface area contributed by atoms with Gasteiger partial charge in [-0.05, 0) is 18.9 Å². The highest BCUT2D eigenvalue weighted by Gasteiger charge is 2.15. The lowest BCUT2D eigenvalue weighted by atomic mass is 10.1. The number of aliphatic hydroxyl groups excluding tert-OH is 1. The number of ether oxygens (including phenoxy) is 1. The molecule has 0 saturated carbocycles. The van der Waals surface area contributed by atoms with Gasteiger partial charge in [0.05, 0.1) is 19.1 Å². The van der Waals surface area contributed by atoms with Crippen LogP contribution in [0.5, 0.6) is 0 Å². The second-order valence-corrected chi connectivity index (χ2v) is 11.6. The van der Waals surface area contributed by atoms with Crippen LogP contribution in [0.4, 0.5) is 0 Å². The minimum atomic E-state index is -1.20. The molecule has 1 atom stereocenters. The van der Waals surface area contributed by atoms with Crippen molar-refractivity contribution in [2.45, 2.75) is 57.5 Å². The van der Waals surface area contributed by atoms with E-state index in [1.54, 1.807) is 12.2 Å². The standard InChI is InChI=1S/C14H26O5Si/c1-20(2,3)10-9-19-14(18)11-12(15)7-5-4-6-8-13(16)17/h4-5,12,15H,6-11H2,1-3H3,(H,16,17). The van der Waals surface area contributed by atoms with Crippen LogP contribution in [0.3, 0.4) is 0 Å². The Bertz CT molecular complexity index is 333. The smallest absolute Gasteiger partial charge is 0.308 e. The molecule has 20 heavy (non-hydrogen) atoms. The van der Waals surface area contributed by atoms with Gasteiger partial charge in [-0.25, -0.2) is 0 Å². The topological polar surface area (TPSA) is 83.8 Å². The molecule has 0 aromatic rings. The van der Waals surface area contributed by atoms with E-state index in [9.17, 15) is 14.7 Å². The molecule has 0 saturated heterocycles. The molecule has 0 aliphatic carbocycles. The van der Waals surface area contributed by atoms with Crippen LogP contribution < -0.4 is 0 Å². The van der Waals surface area contributed by atoms with Gasteiger partial charge in [-0.1, -0.05) is 31.8 Å². The summed E-state index contributed by atoms with van der Waals surface area (Å²) in [5.74, 6) is -1.23. The molecule has 0 bridgehead atoms. The fourth-order valence-electron chi connectivity index (χ4n) is 1.38. The lowest BCUT2D eigenvalue weighted by Crippen LogP contribution is -2.23. The number of esters is 1. The summed E-state index contributed by atoms with van der Waals surface area (Å²) in [7, 11) is -1.20. The van der Waals surface area contributed by atoms with Gasteiger partial charge in [0, 0.05) is 14.5 Å². The average Bonchev–Trinajstić information content (AvgIpc) is 2.26. The summed E-state index contributed by atoms with van der Waals surface area (Å²) in [6.45, 7) is 7.04. The summed E-state index contributed by atoms with van der Waals surface area (Å²) in [5.41, 5.74) is 0. The van der Waals surface area contributed by atoms with Gasteiger partial charge in [-0.2, -0.15) is 0 Å². The molecule has 1 unspecified atom stereocenters. The van der Waals surface area contributed by atoms with E-state index in [4.69, 9.17) is 9.84 Å². The van der Waals surface area contributed by atoms with Crippen LogP contribution in [0.15, 0.2) is 12.2 Å². The fraction of sp³-hybridized carbons (Fsp3) is 0.714. The summed E-state index contributed by atoms with van der Waals surface area (Å²) >= 11 is 0. The van der Waals surface area contributed by atoms with Crippen molar-refractivity contribution < 1.29 is 24.5 Å². The zero-order valence-corrected chi connectivity index (χ0v) is 13.6. The monoisotopic (exact) mass is 302 g/mol. The molecule has 6 heteroatoms. The third kappa shape index (κ3) is 13.3. The van der Waals surface area contributed by atoms with Crippen molar-refractivity contribution in [1.29, 1.82) is 0 Å². The van der Waals surface area contributed by atoms with E-state index < -0.39 is 20.1 Å². The molecule has 0 fully saturated rings. The molecular formula is C14H26O5Si. The zero-order valence-electron chi connectivity index (χ0n) is 12.6. The lowest BCUT2D eigenvalue weighted by Gasteiger charge is -2.15. The van der Waals surface area contributed by atoms with Gasteiger partial charge >= 0.3 is 11.9 Å². The predicted molar refractivity (Wildman–Crippen MR) is 80.4 cm³/mol. The minimum Gasteiger partial charge on any atom is -0.481 e. The molecule has 0 amide bonds. The molecule has 116 valence electrons. The Morgan fingerprint density at radius 3 is 2.45 bits per heavy atom. The largest absolute Gasteiger partial charge is 0.481 e. The maximum Gasteiger partial charge on any atom is 0.308 e. The number of carbonyl (C=O) groups is 2. The summed E-state index contributed by atoms with van der Waals surface area (Å²) in [5, 5.41) is 18.1. The van der Waals surface area contributed by atoms with Gasteiger partial charge in [0.1, 0.15) is 0 Å². The first-order valence-corrected chi connectivity index (χ1v) is 10.6. The third-order valence-electron chi connectivity index (χ3n) is 2.62. The van der Waals surface area contributed by atoms with Crippen molar-refractivity contribution in [3.8, 4) is 0 Å². The number of carboxylic acids is 1. The number of aliphatic hydroxyl groups is 1. The summed E-state index contributed by atoms with van der Waals surface area (Å²) in [6.07, 6.45) is 3.46. The van der Waals surface area contributed by atoms with E-state index in [0.29, 0.717) is 19.4 Å². The van der Waals surface area contributed by atoms with Crippen molar-refractivity contribution in [2.75, 3.05) is 6.61 Å². The van der Waals surface area contributed by atoms with Crippen LogP contribution in [0.2, 0.25) is 25.7 Å². The van der Waals surface area contributed by atoms with Crippen molar-refractivity contribution >= 4 is 20.0 Å². The summed E-state index contributed by atoms with van der Waals surface area (Å²) in [4.78, 5) is 21.7. The number of allylic oxidation sites excluding steroid dienone is 1. The van der Waals surface area contributed by atoms with Gasteiger partial charge in [-0.3, -0.25) is 9.59 Å². The highest BCUT2D eigenvalue weighted by atomic mass is 28.3. The molecule has 0 spiro atoms. The molecule has 0 aliphatic heterocycles. The quantitative estimate of drug-likeness (QED) is 0.368. The first kappa shape index (κ1) is 18.9. The maximum absolute atomic E-state index is 11.4. The normalized spacial score (nSPS) is 13.4. The van der Waals surface area contributed by atoms with Crippen LogP contribution in [0, 0.1) is 0 Å². The van der Waals surface area contributed by atoms with Gasteiger partial charge < -0.3 is 14.9 Å². The Balaban J connectivity index is 3.72. The fourth-order valence-corrected chi connectivity index (χ4v) is 2.10. The molecule has 0 aromatic heterocycles. The van der Waals surface area contributed by atoms with Crippen LogP contribution in [-0.2, 0) is 14.3 Å². The highest BCUT2D eigenvalue weighted by Crippen LogP contribution is 2.09. The molecule has 0 radical (unpaired) electrons. The number of aliphatic carboxylic acids is 1. The first-order valence-electron chi connectivity index (χ1n) is 6.91. The summed E-state index contributed by atoms with van der Waals surface area (Å²) < 4.78 is 5.08. The molecule has 0 aliphatic rings. The number of carbonyl (C=O) groups excluding carboxylic acids is 1. The van der Waals surface area contributed by atoms with E-state index in [-0.39, 0.29) is 18.8 Å². The Kier molecular flexibility index (Phi) is 9.16. The van der Waals surface area contributed by atoms with Crippen LogP contribution in [0.1, 0.15) is 25.7 Å². The number of rotatable bonds is 10. The van der Waals surface area contributed by atoms with Crippen molar-refractivity contribution in [2.24, 2.45) is 0 Å². The van der Waals surface area contributed by atoms with Crippen molar-refractivity contribution in [1.82, 2.24) is 0 Å². The summed E-state index contributed by atoms with van der Waals surface area (Å²) in [6, 6.07) is 0.921. The Hall–Kier alpha value is -1.14. The molecule has 0 aromatic carbocycles. The van der Waals surface area contributed by atoms with Gasteiger partial charge in [-0.15, -0.1) is 0 Å². The number of hydrogen-bond donors (Lipinski definition) is 2. The van der Waals surface area contributed by atoms with Crippen LogP contribution in [-0.4, -0.2) is 42.9 Å². The van der Waals surface area contributed by atoms with Gasteiger partial charge in [0.25, 0.3) is 0 Å². The maximum atomic E-state index is 11.4. The third-order valence-corrected chi connectivity index (χ3v) is 4.32. The molecule has 2 N–H and O–H groups in total. The SMILES string of the molecule is C[Si](C)(C)CCOC(=O)CC(O)CC=CCCC(=O)O. The van der Waals surface area contributed by atoms with E-state index in [1.165, 1.54) is 0 Å². The van der Waals surface area contributed by atoms with E-state index in [1.807, 2.05) is 0 Å². The Morgan fingerprint density at radius 1 is 1.25 bits per heavy atom. The highest BCUT2D eigenvalue weighted by molar-refractivity contribution is 6.76. The van der Waals surface area contributed by atoms with Gasteiger partial charge in [0.15, 0.2) is 0 Å². The first-order chi connectivity index (χ1) is 9.20. The van der Waals surface area contributed by atoms with E-state index in [2.05, 4.69) is 19.6 Å². The predicted octanol–water partition coefficient (Wildman–Crippen LogP) is 2.43. The Labute approximate surface area is 121 Å². The molecular weight excluding hydrogens is 276 g/mol.